The van der Waals surface area contributed by atoms with Gasteiger partial charge in [-0.2, -0.15) is 0 Å². The van der Waals surface area contributed by atoms with Gasteiger partial charge in [0, 0.05) is 20.2 Å². The highest BCUT2D eigenvalue weighted by Crippen LogP contribution is 2.25. The van der Waals surface area contributed by atoms with E-state index in [2.05, 4.69) is 4.90 Å². The Morgan fingerprint density at radius 2 is 2.00 bits per heavy atom. The monoisotopic (exact) mass is 173 g/mol. The van der Waals surface area contributed by atoms with Gasteiger partial charge < -0.3 is 14.7 Å². The summed E-state index contributed by atoms with van der Waals surface area (Å²) in [5.74, 6) is -0.835. The predicted molar refractivity (Wildman–Crippen MR) is 44.1 cm³/mol. The molecule has 0 aliphatic carbocycles. The van der Waals surface area contributed by atoms with Crippen molar-refractivity contribution in [2.45, 2.75) is 18.4 Å². The number of carboxylic acids is 1. The van der Waals surface area contributed by atoms with Crippen molar-refractivity contribution >= 4 is 5.97 Å². The molecule has 0 aromatic heterocycles. The van der Waals surface area contributed by atoms with Crippen LogP contribution in [0.25, 0.3) is 0 Å². The molecule has 0 spiro atoms. The second-order valence-electron chi connectivity index (χ2n) is 3.31. The summed E-state index contributed by atoms with van der Waals surface area (Å²) in [5.41, 5.74) is -0.924. The fraction of sp³-hybridized carbons (Fsp3) is 0.875. The fourth-order valence-corrected chi connectivity index (χ4v) is 1.49. The first-order valence-electron chi connectivity index (χ1n) is 4.08. The van der Waals surface area contributed by atoms with Crippen molar-refractivity contribution in [3.8, 4) is 0 Å². The van der Waals surface area contributed by atoms with Crippen LogP contribution in [0, 0.1) is 0 Å². The van der Waals surface area contributed by atoms with E-state index in [0.29, 0.717) is 12.8 Å². The molecular weight excluding hydrogens is 158 g/mol. The number of likely N-dealkylation sites (tertiary alicyclic amines) is 1. The number of hydrogen-bond donors (Lipinski definition) is 1. The molecule has 0 aromatic carbocycles. The largest absolute Gasteiger partial charge is 0.479 e. The van der Waals surface area contributed by atoms with E-state index >= 15 is 0 Å². The molecule has 0 aromatic rings. The fourth-order valence-electron chi connectivity index (χ4n) is 1.49. The number of carbonyl (C=O) groups is 1. The van der Waals surface area contributed by atoms with Crippen LogP contribution in [0.3, 0.4) is 0 Å². The van der Waals surface area contributed by atoms with E-state index in [0.717, 1.165) is 13.1 Å². The quantitative estimate of drug-likeness (QED) is 0.647. The van der Waals surface area contributed by atoms with Gasteiger partial charge in [-0.15, -0.1) is 0 Å². The normalized spacial score (nSPS) is 23.8. The van der Waals surface area contributed by atoms with Crippen LogP contribution >= 0.6 is 0 Å². The number of hydrogen-bond acceptors (Lipinski definition) is 3. The van der Waals surface area contributed by atoms with E-state index < -0.39 is 11.6 Å². The maximum absolute atomic E-state index is 10.9. The molecule has 4 heteroatoms. The number of ether oxygens (including phenoxy) is 1. The minimum absolute atomic E-state index is 0.579. The van der Waals surface area contributed by atoms with Crippen molar-refractivity contribution in [3.63, 3.8) is 0 Å². The zero-order valence-electron chi connectivity index (χ0n) is 7.54. The van der Waals surface area contributed by atoms with Crippen molar-refractivity contribution < 1.29 is 14.6 Å². The van der Waals surface area contributed by atoms with Crippen LogP contribution in [0.4, 0.5) is 0 Å². The molecule has 0 saturated carbocycles. The lowest BCUT2D eigenvalue weighted by molar-refractivity contribution is -0.167. The van der Waals surface area contributed by atoms with E-state index in [1.54, 1.807) is 0 Å². The van der Waals surface area contributed by atoms with Gasteiger partial charge >= 0.3 is 5.97 Å². The molecule has 1 rings (SSSR count). The summed E-state index contributed by atoms with van der Waals surface area (Å²) in [7, 11) is 3.46. The summed E-state index contributed by atoms with van der Waals surface area (Å²) in [5, 5.41) is 8.93. The molecule has 4 nitrogen and oxygen atoms in total. The number of methoxy groups -OCH3 is 1. The van der Waals surface area contributed by atoms with Crippen LogP contribution in [0.1, 0.15) is 12.8 Å². The van der Waals surface area contributed by atoms with Gasteiger partial charge in [0.1, 0.15) is 0 Å². The Balaban J connectivity index is 2.63. The molecule has 70 valence electrons. The Morgan fingerprint density at radius 3 is 2.33 bits per heavy atom. The van der Waals surface area contributed by atoms with Gasteiger partial charge in [-0.25, -0.2) is 4.79 Å². The summed E-state index contributed by atoms with van der Waals surface area (Å²) >= 11 is 0. The topological polar surface area (TPSA) is 49.8 Å². The average Bonchev–Trinajstić information content (AvgIpc) is 2.06. The van der Waals surface area contributed by atoms with Gasteiger partial charge in [-0.3, -0.25) is 0 Å². The molecule has 0 unspecified atom stereocenters. The molecule has 1 N–H and O–H groups in total. The minimum Gasteiger partial charge on any atom is -0.479 e. The maximum Gasteiger partial charge on any atom is 0.336 e. The Morgan fingerprint density at radius 1 is 1.50 bits per heavy atom. The highest BCUT2D eigenvalue weighted by atomic mass is 16.5. The first-order valence-corrected chi connectivity index (χ1v) is 4.08. The van der Waals surface area contributed by atoms with Crippen molar-refractivity contribution in [2.75, 3.05) is 27.2 Å². The SMILES string of the molecule is COC1(C(=O)O)CCN(C)CC1. The Bertz CT molecular complexity index is 173. The summed E-state index contributed by atoms with van der Waals surface area (Å²) in [6, 6.07) is 0. The first kappa shape index (κ1) is 9.48. The van der Waals surface area contributed by atoms with E-state index in [-0.39, 0.29) is 0 Å². The number of nitrogens with zero attached hydrogens (tertiary/aromatic N) is 1. The Kier molecular flexibility index (Phi) is 2.69. The van der Waals surface area contributed by atoms with E-state index in [4.69, 9.17) is 9.84 Å². The van der Waals surface area contributed by atoms with Crippen molar-refractivity contribution in [1.29, 1.82) is 0 Å². The summed E-state index contributed by atoms with van der Waals surface area (Å²) in [4.78, 5) is 13.0. The van der Waals surface area contributed by atoms with E-state index in [9.17, 15) is 4.79 Å². The number of piperidine rings is 1. The summed E-state index contributed by atoms with van der Waals surface area (Å²) < 4.78 is 5.06. The van der Waals surface area contributed by atoms with Crippen LogP contribution in [0.2, 0.25) is 0 Å². The highest BCUT2D eigenvalue weighted by molar-refractivity contribution is 5.77. The first-order chi connectivity index (χ1) is 5.60. The molecule has 0 amide bonds. The number of aliphatic carboxylic acids is 1. The highest BCUT2D eigenvalue weighted by Gasteiger charge is 2.40. The van der Waals surface area contributed by atoms with Gasteiger partial charge in [0.25, 0.3) is 0 Å². The molecule has 12 heavy (non-hydrogen) atoms. The second-order valence-corrected chi connectivity index (χ2v) is 3.31. The standard InChI is InChI=1S/C8H15NO3/c1-9-5-3-8(12-2,4-6-9)7(10)11/h3-6H2,1-2H3,(H,10,11). The molecule has 1 saturated heterocycles. The molecule has 1 heterocycles. The third-order valence-corrected chi connectivity index (χ3v) is 2.58. The van der Waals surface area contributed by atoms with Gasteiger partial charge in [0.05, 0.1) is 0 Å². The zero-order valence-corrected chi connectivity index (χ0v) is 7.54. The third-order valence-electron chi connectivity index (χ3n) is 2.58. The maximum atomic E-state index is 10.9. The minimum atomic E-state index is -0.924. The predicted octanol–water partition coefficient (Wildman–Crippen LogP) is 0.182. The van der Waals surface area contributed by atoms with Crippen LogP contribution < -0.4 is 0 Å². The van der Waals surface area contributed by atoms with Crippen molar-refractivity contribution in [2.24, 2.45) is 0 Å². The summed E-state index contributed by atoms with van der Waals surface area (Å²) in [6.07, 6.45) is 1.16. The lowest BCUT2D eigenvalue weighted by Crippen LogP contribution is -2.49. The zero-order chi connectivity index (χ0) is 9.19. The van der Waals surface area contributed by atoms with E-state index in [1.165, 1.54) is 7.11 Å². The van der Waals surface area contributed by atoms with Crippen LogP contribution in [0.15, 0.2) is 0 Å². The smallest absolute Gasteiger partial charge is 0.336 e. The number of carboxylic acid groups (broad SMARTS) is 1. The molecule has 1 fully saturated rings. The molecule has 0 atom stereocenters. The van der Waals surface area contributed by atoms with Crippen molar-refractivity contribution in [3.05, 3.63) is 0 Å². The molecule has 0 radical (unpaired) electrons. The van der Waals surface area contributed by atoms with Crippen molar-refractivity contribution in [1.82, 2.24) is 4.90 Å². The lowest BCUT2D eigenvalue weighted by atomic mass is 9.91. The van der Waals surface area contributed by atoms with Gasteiger partial charge in [0.2, 0.25) is 0 Å². The third kappa shape index (κ3) is 1.59. The molecule has 1 aliphatic heterocycles. The lowest BCUT2D eigenvalue weighted by Gasteiger charge is -2.35. The van der Waals surface area contributed by atoms with E-state index in [1.807, 2.05) is 7.05 Å². The number of rotatable bonds is 2. The van der Waals surface area contributed by atoms with Gasteiger partial charge in [-0.1, -0.05) is 0 Å². The average molecular weight is 173 g/mol. The summed E-state index contributed by atoms with van der Waals surface area (Å²) in [6.45, 7) is 1.58. The Hall–Kier alpha value is -0.610. The second kappa shape index (κ2) is 3.41. The van der Waals surface area contributed by atoms with Gasteiger partial charge in [-0.05, 0) is 19.9 Å². The molecular formula is C8H15NO3. The Labute approximate surface area is 72.1 Å². The molecule has 0 bridgehead atoms. The van der Waals surface area contributed by atoms with Crippen LogP contribution in [0.5, 0.6) is 0 Å². The molecule has 1 aliphatic rings. The van der Waals surface area contributed by atoms with Gasteiger partial charge in [0.15, 0.2) is 5.60 Å². The van der Waals surface area contributed by atoms with Crippen LogP contribution in [-0.2, 0) is 9.53 Å². The van der Waals surface area contributed by atoms with Crippen LogP contribution in [-0.4, -0.2) is 48.8 Å².